The van der Waals surface area contributed by atoms with Gasteiger partial charge in [-0.15, -0.1) is 0 Å². The number of fused-ring (bicyclic) bond motifs is 1. The Hall–Kier alpha value is -1.47. The summed E-state index contributed by atoms with van der Waals surface area (Å²) in [7, 11) is 0. The fourth-order valence-electron chi connectivity index (χ4n) is 1.29. The van der Waals surface area contributed by atoms with Crippen LogP contribution >= 0.6 is 23.3 Å². The van der Waals surface area contributed by atoms with Crippen molar-refractivity contribution in [2.75, 3.05) is 5.75 Å². The van der Waals surface area contributed by atoms with Crippen LogP contribution in [0.5, 0.6) is 0 Å². The number of carbonyl (C=O) groups excluding carboxylic acids is 1. The molecule has 0 unspecified atom stereocenters. The standard InChI is InChI=1S/C10H8N2O3S2/c1-6(13)5-16-10-8-4-7(12(14)15)2-3-9(8)17-11-10/h2-4H,5H2,1H3. The van der Waals surface area contributed by atoms with Gasteiger partial charge in [-0.2, -0.15) is 4.37 Å². The van der Waals surface area contributed by atoms with E-state index in [1.54, 1.807) is 6.07 Å². The first-order valence-corrected chi connectivity index (χ1v) is 6.50. The van der Waals surface area contributed by atoms with Gasteiger partial charge in [0.1, 0.15) is 10.8 Å². The van der Waals surface area contributed by atoms with Crippen LogP contribution in [0.2, 0.25) is 0 Å². The number of aromatic nitrogens is 1. The molecule has 0 aliphatic carbocycles. The zero-order valence-electron chi connectivity index (χ0n) is 8.87. The molecule has 0 aliphatic rings. The van der Waals surface area contributed by atoms with E-state index in [0.29, 0.717) is 10.8 Å². The molecule has 0 aliphatic heterocycles. The number of nitrogens with zero attached hydrogens (tertiary/aromatic N) is 2. The molecule has 5 nitrogen and oxygen atoms in total. The number of thioether (sulfide) groups is 1. The summed E-state index contributed by atoms with van der Waals surface area (Å²) in [6, 6.07) is 4.64. The largest absolute Gasteiger partial charge is 0.299 e. The first kappa shape index (κ1) is 12.0. The second kappa shape index (κ2) is 4.80. The second-order valence-electron chi connectivity index (χ2n) is 3.42. The summed E-state index contributed by atoms with van der Waals surface area (Å²) in [6.45, 7) is 1.50. The van der Waals surface area contributed by atoms with Gasteiger partial charge in [-0.05, 0) is 24.5 Å². The Kier molecular flexibility index (Phi) is 3.39. The Balaban J connectivity index is 2.39. The number of nitro groups is 1. The average Bonchev–Trinajstić information content (AvgIpc) is 2.68. The third-order valence-electron chi connectivity index (χ3n) is 2.04. The Bertz CT molecular complexity index is 594. The Morgan fingerprint density at radius 3 is 3.00 bits per heavy atom. The van der Waals surface area contributed by atoms with Crippen molar-refractivity contribution in [1.82, 2.24) is 4.37 Å². The first-order valence-electron chi connectivity index (χ1n) is 4.74. The van der Waals surface area contributed by atoms with Gasteiger partial charge < -0.3 is 0 Å². The third kappa shape index (κ3) is 2.62. The fourth-order valence-corrected chi connectivity index (χ4v) is 3.01. The van der Waals surface area contributed by atoms with E-state index in [1.165, 1.54) is 42.4 Å². The molecule has 2 aromatic rings. The fraction of sp³-hybridized carbons (Fsp3) is 0.200. The summed E-state index contributed by atoms with van der Waals surface area (Å²) in [6.07, 6.45) is 0. The molecule has 0 fully saturated rings. The van der Waals surface area contributed by atoms with E-state index in [4.69, 9.17) is 0 Å². The van der Waals surface area contributed by atoms with Gasteiger partial charge in [0, 0.05) is 17.5 Å². The van der Waals surface area contributed by atoms with Crippen LogP contribution in [0.15, 0.2) is 23.2 Å². The van der Waals surface area contributed by atoms with Gasteiger partial charge in [-0.3, -0.25) is 14.9 Å². The Labute approximate surface area is 105 Å². The molecule has 7 heteroatoms. The summed E-state index contributed by atoms with van der Waals surface area (Å²) >= 11 is 2.59. The molecule has 0 saturated heterocycles. The zero-order valence-corrected chi connectivity index (χ0v) is 10.5. The number of rotatable bonds is 4. The normalized spacial score (nSPS) is 10.6. The van der Waals surface area contributed by atoms with Crippen molar-refractivity contribution < 1.29 is 9.72 Å². The van der Waals surface area contributed by atoms with Gasteiger partial charge in [0.25, 0.3) is 5.69 Å². The van der Waals surface area contributed by atoms with E-state index in [-0.39, 0.29) is 11.5 Å². The SMILES string of the molecule is CC(=O)CSc1nsc2ccc([N+](=O)[O-])cc12. The first-order chi connectivity index (χ1) is 8.08. The lowest BCUT2D eigenvalue weighted by molar-refractivity contribution is -0.384. The lowest BCUT2D eigenvalue weighted by Gasteiger charge is -1.95. The van der Waals surface area contributed by atoms with Crippen molar-refractivity contribution in [2.24, 2.45) is 0 Å². The van der Waals surface area contributed by atoms with Gasteiger partial charge in [-0.25, -0.2) is 0 Å². The van der Waals surface area contributed by atoms with E-state index in [1.807, 2.05) is 0 Å². The van der Waals surface area contributed by atoms with Crippen LogP contribution < -0.4 is 0 Å². The lowest BCUT2D eigenvalue weighted by Crippen LogP contribution is -1.92. The number of nitro benzene ring substituents is 1. The highest BCUT2D eigenvalue weighted by atomic mass is 32.2. The summed E-state index contributed by atoms with van der Waals surface area (Å²) in [5.74, 6) is 0.392. The van der Waals surface area contributed by atoms with Gasteiger partial charge in [0.05, 0.1) is 15.4 Å². The maximum atomic E-state index is 10.9. The van der Waals surface area contributed by atoms with Crippen LogP contribution in [0.1, 0.15) is 6.92 Å². The number of hydrogen-bond acceptors (Lipinski definition) is 6. The predicted molar refractivity (Wildman–Crippen MR) is 67.7 cm³/mol. The minimum absolute atomic E-state index is 0.0439. The van der Waals surface area contributed by atoms with Crippen molar-refractivity contribution in [3.05, 3.63) is 28.3 Å². The van der Waals surface area contributed by atoms with E-state index in [2.05, 4.69) is 4.37 Å². The van der Waals surface area contributed by atoms with Gasteiger partial charge in [-0.1, -0.05) is 11.8 Å². The van der Waals surface area contributed by atoms with Crippen LogP contribution in [-0.4, -0.2) is 20.8 Å². The van der Waals surface area contributed by atoms with Crippen LogP contribution in [0.4, 0.5) is 5.69 Å². The molecule has 0 amide bonds. The topological polar surface area (TPSA) is 73.1 Å². The molecule has 0 N–H and O–H groups in total. The highest BCUT2D eigenvalue weighted by Gasteiger charge is 2.12. The Morgan fingerprint density at radius 2 is 2.35 bits per heavy atom. The molecular formula is C10H8N2O3S2. The summed E-state index contributed by atoms with van der Waals surface area (Å²) < 4.78 is 5.09. The molecule has 0 saturated carbocycles. The molecule has 0 spiro atoms. The molecule has 2 rings (SSSR count). The molecule has 1 heterocycles. The molecule has 88 valence electrons. The number of ketones is 1. The quantitative estimate of drug-likeness (QED) is 0.484. The zero-order chi connectivity index (χ0) is 12.4. The van der Waals surface area contributed by atoms with Gasteiger partial charge >= 0.3 is 0 Å². The van der Waals surface area contributed by atoms with E-state index in [9.17, 15) is 14.9 Å². The van der Waals surface area contributed by atoms with Crippen LogP contribution in [0.3, 0.4) is 0 Å². The molecule has 1 aromatic heterocycles. The molecular weight excluding hydrogens is 260 g/mol. The number of non-ortho nitro benzene ring substituents is 1. The van der Waals surface area contributed by atoms with Crippen LogP contribution in [0.25, 0.3) is 10.1 Å². The number of hydrogen-bond donors (Lipinski definition) is 0. The van der Waals surface area contributed by atoms with Crippen LogP contribution in [0, 0.1) is 10.1 Å². The number of Topliss-reactive ketones (excluding diaryl/α,β-unsaturated/α-hetero) is 1. The van der Waals surface area contributed by atoms with Crippen molar-refractivity contribution in [3.63, 3.8) is 0 Å². The third-order valence-corrected chi connectivity index (χ3v) is 4.12. The Morgan fingerprint density at radius 1 is 1.59 bits per heavy atom. The van der Waals surface area contributed by atoms with Gasteiger partial charge in [0.15, 0.2) is 0 Å². The van der Waals surface area contributed by atoms with Crippen molar-refractivity contribution in [2.45, 2.75) is 11.9 Å². The highest BCUT2D eigenvalue weighted by molar-refractivity contribution is 8.00. The van der Waals surface area contributed by atoms with Gasteiger partial charge in [0.2, 0.25) is 0 Å². The van der Waals surface area contributed by atoms with E-state index < -0.39 is 4.92 Å². The average molecular weight is 268 g/mol. The second-order valence-corrected chi connectivity index (χ2v) is 5.19. The monoisotopic (exact) mass is 268 g/mol. The summed E-state index contributed by atoms with van der Waals surface area (Å²) in [5, 5.41) is 12.1. The minimum Gasteiger partial charge on any atom is -0.299 e. The van der Waals surface area contributed by atoms with Crippen molar-refractivity contribution in [3.8, 4) is 0 Å². The molecule has 0 atom stereocenters. The van der Waals surface area contributed by atoms with E-state index >= 15 is 0 Å². The molecule has 0 bridgehead atoms. The molecule has 1 aromatic carbocycles. The van der Waals surface area contributed by atoms with Crippen LogP contribution in [-0.2, 0) is 4.79 Å². The highest BCUT2D eigenvalue weighted by Crippen LogP contribution is 2.32. The predicted octanol–water partition coefficient (Wildman–Crippen LogP) is 2.89. The smallest absolute Gasteiger partial charge is 0.270 e. The van der Waals surface area contributed by atoms with Crippen molar-refractivity contribution in [1.29, 1.82) is 0 Å². The number of carbonyl (C=O) groups is 1. The lowest BCUT2D eigenvalue weighted by atomic mass is 10.2. The number of benzene rings is 1. The molecule has 17 heavy (non-hydrogen) atoms. The maximum Gasteiger partial charge on any atom is 0.270 e. The molecule has 0 radical (unpaired) electrons. The van der Waals surface area contributed by atoms with E-state index in [0.717, 1.165) is 10.1 Å². The summed E-state index contributed by atoms with van der Waals surface area (Å²) in [4.78, 5) is 21.1. The van der Waals surface area contributed by atoms with Crippen molar-refractivity contribution >= 4 is 44.9 Å². The maximum absolute atomic E-state index is 10.9. The summed E-state index contributed by atoms with van der Waals surface area (Å²) in [5.41, 5.74) is 0.0439. The minimum atomic E-state index is -0.434.